The lowest BCUT2D eigenvalue weighted by molar-refractivity contribution is 0.0209. The molecular weight excluding hydrogens is 669 g/mol. The van der Waals surface area contributed by atoms with E-state index < -0.39 is 11.4 Å². The Morgan fingerprint density at radius 2 is 2.00 bits per heavy atom. The molecule has 4 fully saturated rings. The van der Waals surface area contributed by atoms with Gasteiger partial charge in [-0.05, 0) is 80.1 Å². The zero-order valence-corrected chi connectivity index (χ0v) is 28.7. The monoisotopic (exact) mass is 705 g/mol. The number of halogens is 2. The van der Waals surface area contributed by atoms with Crippen LogP contribution < -0.4 is 0 Å². The maximum atomic E-state index is 16.3. The van der Waals surface area contributed by atoms with Crippen LogP contribution >= 0.6 is 15.9 Å². The normalized spacial score (nSPS) is 22.2. The average Bonchev–Trinajstić information content (AvgIpc) is 3.84. The van der Waals surface area contributed by atoms with Gasteiger partial charge < -0.3 is 24.0 Å². The van der Waals surface area contributed by atoms with Crippen molar-refractivity contribution < 1.29 is 18.7 Å². The highest BCUT2D eigenvalue weighted by Gasteiger charge is 2.57. The molecule has 3 aromatic heterocycles. The van der Waals surface area contributed by atoms with Crippen LogP contribution in [0.15, 0.2) is 29.3 Å². The first kappa shape index (κ1) is 31.4. The molecule has 2 bridgehead atoms. The highest BCUT2D eigenvalue weighted by molar-refractivity contribution is 9.10. The van der Waals surface area contributed by atoms with Crippen LogP contribution in [0.3, 0.4) is 0 Å². The first-order chi connectivity index (χ1) is 22.4. The van der Waals surface area contributed by atoms with E-state index in [4.69, 9.17) is 9.72 Å². The van der Waals surface area contributed by atoms with Gasteiger partial charge in [-0.3, -0.25) is 0 Å². The number of carbonyl (C=O) groups is 2. The Morgan fingerprint density at radius 3 is 2.68 bits per heavy atom. The number of aromatic nitrogens is 5. The minimum Gasteiger partial charge on any atom is -0.444 e. The predicted molar refractivity (Wildman–Crippen MR) is 175 cm³/mol. The molecular formula is C33H37BrFN9O3. The second kappa shape index (κ2) is 11.5. The molecule has 4 atom stereocenters. The summed E-state index contributed by atoms with van der Waals surface area (Å²) in [7, 11) is 3.50. The molecule has 0 N–H and O–H groups in total. The molecule has 246 valence electrons. The van der Waals surface area contributed by atoms with Gasteiger partial charge in [-0.2, -0.15) is 10.4 Å². The molecule has 1 aliphatic carbocycles. The number of hydrogen-bond acceptors (Lipinski definition) is 7. The molecule has 0 spiro atoms. The van der Waals surface area contributed by atoms with E-state index in [1.165, 1.54) is 17.3 Å². The van der Waals surface area contributed by atoms with Crippen LogP contribution in [-0.2, 0) is 11.2 Å². The Labute approximate surface area is 280 Å². The number of likely N-dealkylation sites (tertiary alicyclic amines) is 1. The van der Waals surface area contributed by atoms with Crippen molar-refractivity contribution >= 4 is 49.9 Å². The van der Waals surface area contributed by atoms with Gasteiger partial charge in [0.15, 0.2) is 11.6 Å². The van der Waals surface area contributed by atoms with Gasteiger partial charge in [0.25, 0.3) is 0 Å². The number of amides is 3. The number of hydrogen-bond donors (Lipinski definition) is 0. The van der Waals surface area contributed by atoms with E-state index in [2.05, 4.69) is 42.7 Å². The number of ether oxygens (including phenoxy) is 1. The van der Waals surface area contributed by atoms with E-state index in [0.29, 0.717) is 36.3 Å². The number of pyridine rings is 1. The molecule has 1 aromatic carbocycles. The smallest absolute Gasteiger partial charge is 0.410 e. The van der Waals surface area contributed by atoms with Crippen LogP contribution in [0.25, 0.3) is 27.6 Å². The number of nitrogens with zero attached hydrogens (tertiary/aromatic N) is 9. The van der Waals surface area contributed by atoms with Gasteiger partial charge in [0.1, 0.15) is 23.8 Å². The van der Waals surface area contributed by atoms with E-state index in [1.807, 2.05) is 36.6 Å². The van der Waals surface area contributed by atoms with Crippen molar-refractivity contribution in [3.8, 4) is 11.9 Å². The fourth-order valence-electron chi connectivity index (χ4n) is 7.62. The zero-order chi connectivity index (χ0) is 33.4. The minimum absolute atomic E-state index is 0.0792. The van der Waals surface area contributed by atoms with Gasteiger partial charge in [-0.15, -0.1) is 0 Å². The number of rotatable bonds is 5. The van der Waals surface area contributed by atoms with Crippen LogP contribution in [-0.4, -0.2) is 90.0 Å². The molecule has 4 aliphatic rings. The van der Waals surface area contributed by atoms with E-state index in [9.17, 15) is 14.9 Å². The van der Waals surface area contributed by atoms with Crippen molar-refractivity contribution in [1.29, 1.82) is 5.26 Å². The number of fused-ring (bicyclic) bond motifs is 4. The van der Waals surface area contributed by atoms with Crippen LogP contribution in [0.4, 0.5) is 14.0 Å². The molecule has 0 radical (unpaired) electrons. The molecule has 3 amide bonds. The fraction of sp³-hybridized carbons (Fsp3) is 0.515. The molecule has 4 aromatic rings. The summed E-state index contributed by atoms with van der Waals surface area (Å²) >= 11 is 3.44. The van der Waals surface area contributed by atoms with Crippen LogP contribution in [0, 0.1) is 23.1 Å². The number of urea groups is 1. The van der Waals surface area contributed by atoms with Crippen molar-refractivity contribution in [2.75, 3.05) is 27.2 Å². The number of nitriles is 1. The first-order valence-corrected chi connectivity index (χ1v) is 16.7. The van der Waals surface area contributed by atoms with Gasteiger partial charge in [-0.1, -0.05) is 0 Å². The Bertz CT molecular complexity index is 1940. The van der Waals surface area contributed by atoms with Gasteiger partial charge in [0, 0.05) is 56.0 Å². The molecule has 8 rings (SSSR count). The van der Waals surface area contributed by atoms with Gasteiger partial charge >= 0.3 is 12.1 Å². The average molecular weight is 707 g/mol. The largest absolute Gasteiger partial charge is 0.444 e. The standard InChI is InChI=1S/C33H37BrFN9O3/c1-33(2,3)47-32(46)42-15-19-13-24(42)28(19)44-23(22-9-7-11-41(22)31(45)40(4)5)14-21-29(44)20-12-18(8-6-10-36)25(34)26(35)27(20)39-30(21)43-17-37-16-38-43/h12,14,16-17,19,22,24,28H,6-9,11,13,15H2,1-5H3/t19-,22-,24-,28+/m1/s1. The van der Waals surface area contributed by atoms with E-state index >= 15 is 4.39 Å². The predicted octanol–water partition coefficient (Wildman–Crippen LogP) is 6.13. The third-order valence-corrected chi connectivity index (χ3v) is 10.4. The Morgan fingerprint density at radius 1 is 1.21 bits per heavy atom. The Kier molecular flexibility index (Phi) is 7.65. The number of benzene rings is 1. The quantitative estimate of drug-likeness (QED) is 0.245. The van der Waals surface area contributed by atoms with Crippen LogP contribution in [0.1, 0.15) is 69.8 Å². The molecule has 12 nitrogen and oxygen atoms in total. The SMILES string of the molecule is CN(C)C(=O)N1CCC[C@@H]1c1cc2c(-n3cncn3)nc3c(F)c(Br)c(CCC#N)cc3c2n1[C@H]1[C@@H]2C[C@H]1N(C(=O)OC(C)(C)C)C2. The fourth-order valence-corrected chi connectivity index (χ4v) is 8.12. The summed E-state index contributed by atoms with van der Waals surface area (Å²) in [6, 6.07) is 5.56. The lowest BCUT2D eigenvalue weighted by Gasteiger charge is -2.40. The van der Waals surface area contributed by atoms with Crippen molar-refractivity contribution in [1.82, 2.24) is 39.0 Å². The molecule has 47 heavy (non-hydrogen) atoms. The summed E-state index contributed by atoms with van der Waals surface area (Å²) < 4.78 is 26.2. The van der Waals surface area contributed by atoms with Crippen molar-refractivity contribution in [2.45, 2.75) is 76.6 Å². The summed E-state index contributed by atoms with van der Waals surface area (Å²) in [6.45, 7) is 6.73. The van der Waals surface area contributed by atoms with E-state index in [1.54, 1.807) is 19.0 Å². The number of carbonyl (C=O) groups excluding carboxylic acids is 2. The Hall–Kier alpha value is -4.25. The third-order valence-electron chi connectivity index (χ3n) is 9.58. The first-order valence-electron chi connectivity index (χ1n) is 15.9. The topological polar surface area (TPSA) is 125 Å². The number of aryl methyl sites for hydroxylation is 1. The van der Waals surface area contributed by atoms with Crippen molar-refractivity contribution in [2.24, 2.45) is 5.92 Å². The molecule has 14 heteroatoms. The van der Waals surface area contributed by atoms with Gasteiger partial charge in [0.05, 0.1) is 34.2 Å². The minimum atomic E-state index is -0.638. The van der Waals surface area contributed by atoms with Crippen molar-refractivity contribution in [3.05, 3.63) is 46.3 Å². The van der Waals surface area contributed by atoms with E-state index in [-0.39, 0.29) is 52.6 Å². The maximum absolute atomic E-state index is 16.3. The third kappa shape index (κ3) is 5.10. The lowest BCUT2D eigenvalue weighted by Crippen LogP contribution is -2.45. The Balaban J connectivity index is 1.51. The second-order valence-electron chi connectivity index (χ2n) is 13.9. The van der Waals surface area contributed by atoms with Crippen LogP contribution in [0.2, 0.25) is 0 Å². The summed E-state index contributed by atoms with van der Waals surface area (Å²) in [6.07, 6.45) is 5.59. The highest BCUT2D eigenvalue weighted by atomic mass is 79.9. The highest BCUT2D eigenvalue weighted by Crippen LogP contribution is 2.54. The van der Waals surface area contributed by atoms with Gasteiger partial charge in [0.2, 0.25) is 0 Å². The summed E-state index contributed by atoms with van der Waals surface area (Å²) in [5.41, 5.74) is 1.86. The van der Waals surface area contributed by atoms with Gasteiger partial charge in [-0.25, -0.2) is 28.6 Å². The van der Waals surface area contributed by atoms with Crippen molar-refractivity contribution in [3.63, 3.8) is 0 Å². The summed E-state index contributed by atoms with van der Waals surface area (Å²) in [5, 5.41) is 15.1. The summed E-state index contributed by atoms with van der Waals surface area (Å²) in [5.74, 6) is 0.0302. The molecule has 1 saturated carbocycles. The molecule has 6 heterocycles. The zero-order valence-electron chi connectivity index (χ0n) is 27.1. The summed E-state index contributed by atoms with van der Waals surface area (Å²) in [4.78, 5) is 41.2. The second-order valence-corrected chi connectivity index (χ2v) is 14.7. The molecule has 0 unspecified atom stereocenters. The molecule has 3 aliphatic heterocycles. The van der Waals surface area contributed by atoms with Crippen LogP contribution in [0.5, 0.6) is 0 Å². The van der Waals surface area contributed by atoms with E-state index in [0.717, 1.165) is 35.9 Å². The lowest BCUT2D eigenvalue weighted by atomic mass is 9.79. The molecule has 3 saturated heterocycles. The maximum Gasteiger partial charge on any atom is 0.410 e.